The topological polar surface area (TPSA) is 141 Å². The van der Waals surface area contributed by atoms with Crippen LogP contribution >= 0.6 is 23.4 Å². The number of hydrogen-bond acceptors (Lipinski definition) is 8. The fourth-order valence-corrected chi connectivity index (χ4v) is 4.52. The fourth-order valence-electron chi connectivity index (χ4n) is 3.36. The zero-order valence-electron chi connectivity index (χ0n) is 19.0. The Labute approximate surface area is 215 Å². The lowest BCUT2D eigenvalue weighted by Gasteiger charge is -2.09. The van der Waals surface area contributed by atoms with Gasteiger partial charge in [0.2, 0.25) is 0 Å². The zero-order chi connectivity index (χ0) is 25.7. The van der Waals surface area contributed by atoms with Gasteiger partial charge in [0, 0.05) is 45.4 Å². The van der Waals surface area contributed by atoms with Crippen molar-refractivity contribution in [3.05, 3.63) is 93.0 Å². The maximum Gasteiger partial charge on any atom is 0.273 e. The number of nitrogens with zero attached hydrogens (tertiary/aromatic N) is 5. The van der Waals surface area contributed by atoms with Gasteiger partial charge in [-0.2, -0.15) is 5.10 Å². The van der Waals surface area contributed by atoms with Gasteiger partial charge in [0.05, 0.1) is 16.7 Å². The first kappa shape index (κ1) is 24.9. The minimum Gasteiger partial charge on any atom is -0.398 e. The zero-order valence-corrected chi connectivity index (χ0v) is 20.5. The number of nitrogens with one attached hydrogen (secondary N) is 1. The van der Waals surface area contributed by atoms with Gasteiger partial charge in [0.15, 0.2) is 11.0 Å². The molecule has 0 saturated heterocycles. The number of para-hydroxylation sites is 1. The molecule has 4 aromatic rings. The number of benzene rings is 3. The number of carbonyl (C=O) groups excluding carboxylic acids is 1. The second kappa shape index (κ2) is 11.0. The molecule has 4 rings (SSSR count). The van der Waals surface area contributed by atoms with Crippen LogP contribution in [0, 0.1) is 10.1 Å². The van der Waals surface area contributed by atoms with Crippen molar-refractivity contribution in [2.24, 2.45) is 5.10 Å². The molecule has 0 bridgehead atoms. The quantitative estimate of drug-likeness (QED) is 0.143. The van der Waals surface area contributed by atoms with E-state index in [2.05, 4.69) is 20.7 Å². The van der Waals surface area contributed by atoms with Gasteiger partial charge in [-0.3, -0.25) is 14.9 Å². The molecule has 12 heteroatoms. The van der Waals surface area contributed by atoms with E-state index in [1.54, 1.807) is 42.5 Å². The summed E-state index contributed by atoms with van der Waals surface area (Å²) in [6.07, 6.45) is 1.34. The van der Waals surface area contributed by atoms with Crippen LogP contribution in [0.15, 0.2) is 81.9 Å². The highest BCUT2D eigenvalue weighted by Gasteiger charge is 2.17. The highest BCUT2D eigenvalue weighted by Crippen LogP contribution is 2.33. The molecule has 36 heavy (non-hydrogen) atoms. The van der Waals surface area contributed by atoms with Crippen molar-refractivity contribution in [1.82, 2.24) is 20.2 Å². The van der Waals surface area contributed by atoms with Gasteiger partial charge in [-0.25, -0.2) is 5.43 Å². The number of nitrogens with two attached hydrogens (primary N) is 1. The van der Waals surface area contributed by atoms with Crippen LogP contribution in [0.5, 0.6) is 0 Å². The lowest BCUT2D eigenvalue weighted by atomic mass is 10.2. The largest absolute Gasteiger partial charge is 0.398 e. The molecule has 0 radical (unpaired) electrons. The smallest absolute Gasteiger partial charge is 0.273 e. The summed E-state index contributed by atoms with van der Waals surface area (Å²) in [5.74, 6) is 0.146. The maximum absolute atomic E-state index is 12.4. The fraction of sp³-hybridized carbons (Fsp3) is 0.0833. The maximum atomic E-state index is 12.4. The second-order valence-corrected chi connectivity index (χ2v) is 8.87. The Hall–Kier alpha value is -4.22. The van der Waals surface area contributed by atoms with Gasteiger partial charge in [-0.1, -0.05) is 35.9 Å². The van der Waals surface area contributed by atoms with E-state index in [1.165, 1.54) is 30.1 Å². The summed E-state index contributed by atoms with van der Waals surface area (Å²) in [6.45, 7) is 2.55. The number of non-ortho nitro benzene ring substituents is 1. The second-order valence-electron chi connectivity index (χ2n) is 7.43. The number of rotatable bonds is 8. The van der Waals surface area contributed by atoms with Crippen molar-refractivity contribution in [2.45, 2.75) is 23.5 Å². The third-order valence-electron chi connectivity index (χ3n) is 5.10. The van der Waals surface area contributed by atoms with Crippen LogP contribution < -0.4 is 11.2 Å². The van der Waals surface area contributed by atoms with Crippen molar-refractivity contribution in [2.75, 3.05) is 5.73 Å². The molecule has 0 aliphatic carbocycles. The Morgan fingerprint density at radius 3 is 2.72 bits per heavy atom. The predicted octanol–water partition coefficient (Wildman–Crippen LogP) is 5.02. The first-order valence-corrected chi connectivity index (χ1v) is 11.9. The Balaban J connectivity index is 1.63. The summed E-state index contributed by atoms with van der Waals surface area (Å²) in [6, 6.07) is 18.3. The molecular weight excluding hydrogens is 502 g/mol. The highest BCUT2D eigenvalue weighted by atomic mass is 35.5. The molecule has 1 amide bonds. The minimum absolute atomic E-state index is 0.115. The molecule has 0 atom stereocenters. The average molecular weight is 522 g/mol. The molecule has 3 aromatic carbocycles. The molecular formula is C24H20ClN7O3S. The van der Waals surface area contributed by atoms with Crippen molar-refractivity contribution in [1.29, 1.82) is 0 Å². The van der Waals surface area contributed by atoms with Gasteiger partial charge in [0.25, 0.3) is 11.6 Å². The number of nitrogen functional groups attached to an aromatic ring is 1. The third kappa shape index (κ3) is 5.53. The van der Waals surface area contributed by atoms with E-state index < -0.39 is 10.8 Å². The van der Waals surface area contributed by atoms with Gasteiger partial charge in [-0.05, 0) is 49.0 Å². The molecule has 3 N–H and O–H groups in total. The number of halogens is 1. The van der Waals surface area contributed by atoms with Gasteiger partial charge >= 0.3 is 0 Å². The number of nitro groups is 1. The van der Waals surface area contributed by atoms with E-state index in [4.69, 9.17) is 17.3 Å². The van der Waals surface area contributed by atoms with Crippen LogP contribution in [0.3, 0.4) is 0 Å². The predicted molar refractivity (Wildman–Crippen MR) is 139 cm³/mol. The van der Waals surface area contributed by atoms with Crippen LogP contribution in [0.25, 0.3) is 11.4 Å². The average Bonchev–Trinajstić information content (AvgIpc) is 3.27. The lowest BCUT2D eigenvalue weighted by molar-refractivity contribution is -0.384. The standard InChI is InChI=1S/C24H20ClN7O3S/c1-2-31-22(15-6-5-7-17(25)12-15)28-30-24(31)36-21-11-10-18(32(34)35)13-16(21)14-27-29-23(33)19-8-3-4-9-20(19)26/h3-14H,2,26H2,1H3,(H,29,33)/b27-14-. The summed E-state index contributed by atoms with van der Waals surface area (Å²) in [5, 5.41) is 25.1. The number of hydrazone groups is 1. The first-order chi connectivity index (χ1) is 17.4. The molecule has 0 aliphatic rings. The van der Waals surface area contributed by atoms with Gasteiger partial charge < -0.3 is 10.3 Å². The van der Waals surface area contributed by atoms with E-state index in [0.717, 1.165) is 5.56 Å². The Morgan fingerprint density at radius 1 is 1.19 bits per heavy atom. The van der Waals surface area contributed by atoms with Crippen LogP contribution in [-0.2, 0) is 6.54 Å². The molecule has 0 fully saturated rings. The molecule has 0 aliphatic heterocycles. The highest BCUT2D eigenvalue weighted by molar-refractivity contribution is 7.99. The van der Waals surface area contributed by atoms with Crippen molar-refractivity contribution >= 4 is 46.9 Å². The van der Waals surface area contributed by atoms with E-state index in [9.17, 15) is 14.9 Å². The van der Waals surface area contributed by atoms with Gasteiger partial charge in [-0.15, -0.1) is 10.2 Å². The molecule has 0 saturated carbocycles. The van der Waals surface area contributed by atoms with Gasteiger partial charge in [0.1, 0.15) is 0 Å². The third-order valence-corrected chi connectivity index (χ3v) is 6.41. The minimum atomic E-state index is -0.499. The molecule has 182 valence electrons. The van der Waals surface area contributed by atoms with Crippen molar-refractivity contribution in [3.8, 4) is 11.4 Å². The van der Waals surface area contributed by atoms with Crippen molar-refractivity contribution in [3.63, 3.8) is 0 Å². The summed E-state index contributed by atoms with van der Waals surface area (Å²) in [4.78, 5) is 23.9. The molecule has 1 aromatic heterocycles. The molecule has 10 nitrogen and oxygen atoms in total. The molecule has 0 unspecified atom stereocenters. The van der Waals surface area contributed by atoms with E-state index in [-0.39, 0.29) is 11.3 Å². The lowest BCUT2D eigenvalue weighted by Crippen LogP contribution is -2.19. The Kier molecular flexibility index (Phi) is 7.62. The summed E-state index contributed by atoms with van der Waals surface area (Å²) < 4.78 is 1.92. The molecule has 1 heterocycles. The van der Waals surface area contributed by atoms with Crippen molar-refractivity contribution < 1.29 is 9.72 Å². The van der Waals surface area contributed by atoms with Crippen LogP contribution in [0.4, 0.5) is 11.4 Å². The SMILES string of the molecule is CCn1c(Sc2ccc([N+](=O)[O-])cc2/C=N\NC(=O)c2ccccc2N)nnc1-c1cccc(Cl)c1. The van der Waals surface area contributed by atoms with E-state index in [0.29, 0.717) is 38.7 Å². The molecule has 0 spiro atoms. The van der Waals surface area contributed by atoms with Crippen LogP contribution in [-0.4, -0.2) is 31.8 Å². The van der Waals surface area contributed by atoms with E-state index in [1.807, 2.05) is 23.6 Å². The monoisotopic (exact) mass is 521 g/mol. The summed E-state index contributed by atoms with van der Waals surface area (Å²) >= 11 is 7.41. The number of nitro benzene ring substituents is 1. The number of aromatic nitrogens is 3. The summed E-state index contributed by atoms with van der Waals surface area (Å²) in [5.41, 5.74) is 9.95. The first-order valence-electron chi connectivity index (χ1n) is 10.7. The normalized spacial score (nSPS) is 11.1. The number of carbonyl (C=O) groups is 1. The Bertz CT molecular complexity index is 1470. The van der Waals surface area contributed by atoms with Crippen LogP contribution in [0.1, 0.15) is 22.8 Å². The number of amides is 1. The van der Waals surface area contributed by atoms with Crippen LogP contribution in [0.2, 0.25) is 5.02 Å². The summed E-state index contributed by atoms with van der Waals surface area (Å²) in [7, 11) is 0. The number of anilines is 1. The van der Waals surface area contributed by atoms with E-state index >= 15 is 0 Å². The Morgan fingerprint density at radius 2 is 2.00 bits per heavy atom. The number of hydrogen-bond donors (Lipinski definition) is 2.